The number of phenolic OH excluding ortho intramolecular Hbond substituents is 1. The molecule has 2 aliphatic carbocycles. The number of carbonyl (C=O) groups is 1. The number of aromatic hydroxyl groups is 1. The molecule has 4 rings (SSSR count). The molecular weight excluding hydrogens is 356 g/mol. The Bertz CT molecular complexity index is 816. The molecule has 5 atom stereocenters. The molecule has 5 nitrogen and oxygen atoms in total. The predicted octanol–water partition coefficient (Wildman–Crippen LogP) is 3.60. The molecule has 28 heavy (non-hydrogen) atoms. The Kier molecular flexibility index (Phi) is 4.37. The van der Waals surface area contributed by atoms with E-state index < -0.39 is 5.60 Å². The Morgan fingerprint density at radius 2 is 1.96 bits per heavy atom. The van der Waals surface area contributed by atoms with Gasteiger partial charge in [0.25, 0.3) is 0 Å². The van der Waals surface area contributed by atoms with Crippen LogP contribution in [0.4, 0.5) is 0 Å². The first-order chi connectivity index (χ1) is 13.1. The molecule has 1 heterocycles. The minimum absolute atomic E-state index is 0.0542. The van der Waals surface area contributed by atoms with Crippen molar-refractivity contribution in [2.45, 2.75) is 78.1 Å². The number of fused-ring (bicyclic) bond motifs is 3. The number of aldehydes is 1. The zero-order valence-corrected chi connectivity index (χ0v) is 17.3. The van der Waals surface area contributed by atoms with Gasteiger partial charge in [0, 0.05) is 17.4 Å². The van der Waals surface area contributed by atoms with Crippen LogP contribution in [0.5, 0.6) is 11.5 Å². The monoisotopic (exact) mass is 388 g/mol. The van der Waals surface area contributed by atoms with Gasteiger partial charge in [-0.3, -0.25) is 4.79 Å². The lowest BCUT2D eigenvalue weighted by atomic mass is 9.43. The van der Waals surface area contributed by atoms with E-state index in [0.29, 0.717) is 35.5 Å². The van der Waals surface area contributed by atoms with Crippen LogP contribution < -0.4 is 4.74 Å². The molecule has 0 aromatic heterocycles. The lowest BCUT2D eigenvalue weighted by Crippen LogP contribution is -2.66. The molecule has 0 radical (unpaired) electrons. The van der Waals surface area contributed by atoms with E-state index in [1.807, 2.05) is 0 Å². The summed E-state index contributed by atoms with van der Waals surface area (Å²) in [6.07, 6.45) is 4.50. The van der Waals surface area contributed by atoms with E-state index in [0.717, 1.165) is 25.7 Å². The van der Waals surface area contributed by atoms with Gasteiger partial charge in [-0.05, 0) is 54.6 Å². The fraction of sp³-hybridized carbons (Fsp3) is 0.696. The molecule has 1 aliphatic heterocycles. The Balaban J connectivity index is 1.84. The van der Waals surface area contributed by atoms with Crippen molar-refractivity contribution in [3.63, 3.8) is 0 Å². The standard InChI is InChI=1S/C23H32O5/c1-13-5-6-18-21(2,3)19(26)7-8-22(18,4)23(13)10-15-17(28-23)9-14(11-24)16(12-25)20(15)27/h9,12-13,18-19,24,26-27H,5-8,10-11H2,1-4H3/t13-,18+,19+,22+,23-/m1/s1. The fourth-order valence-corrected chi connectivity index (χ4v) is 6.81. The highest BCUT2D eigenvalue weighted by Gasteiger charge is 2.66. The number of rotatable bonds is 2. The first-order valence-corrected chi connectivity index (χ1v) is 10.4. The molecule has 1 aromatic carbocycles. The topological polar surface area (TPSA) is 87.0 Å². The maximum absolute atomic E-state index is 11.5. The van der Waals surface area contributed by atoms with Crippen molar-refractivity contribution >= 4 is 6.29 Å². The van der Waals surface area contributed by atoms with Gasteiger partial charge < -0.3 is 20.1 Å². The minimum atomic E-state index is -0.485. The molecule has 0 bridgehead atoms. The second kappa shape index (κ2) is 6.20. The second-order valence-electron chi connectivity index (χ2n) is 10.0. The number of aliphatic hydroxyl groups excluding tert-OH is 2. The first-order valence-electron chi connectivity index (χ1n) is 10.4. The van der Waals surface area contributed by atoms with Gasteiger partial charge in [0.1, 0.15) is 17.1 Å². The normalized spacial score (nSPS) is 38.6. The van der Waals surface area contributed by atoms with Gasteiger partial charge in [-0.1, -0.05) is 27.7 Å². The quantitative estimate of drug-likeness (QED) is 0.674. The highest BCUT2D eigenvalue weighted by molar-refractivity contribution is 5.84. The van der Waals surface area contributed by atoms with Gasteiger partial charge in [-0.25, -0.2) is 0 Å². The number of hydrogen-bond acceptors (Lipinski definition) is 5. The van der Waals surface area contributed by atoms with Gasteiger partial charge in [0.15, 0.2) is 6.29 Å². The SMILES string of the molecule is C[C@@H]1CC[C@H]2C(C)(C)[C@@H](O)CC[C@]2(C)[C@@]12Cc1c(cc(CO)c(C=O)c1O)O2. The molecule has 1 aromatic rings. The van der Waals surface area contributed by atoms with Crippen molar-refractivity contribution in [2.75, 3.05) is 0 Å². The molecule has 0 saturated heterocycles. The maximum Gasteiger partial charge on any atom is 0.154 e. The summed E-state index contributed by atoms with van der Waals surface area (Å²) < 4.78 is 6.70. The number of phenols is 1. The van der Waals surface area contributed by atoms with Crippen molar-refractivity contribution < 1.29 is 24.9 Å². The van der Waals surface area contributed by atoms with Crippen molar-refractivity contribution in [1.82, 2.24) is 0 Å². The third-order valence-electron chi connectivity index (χ3n) is 8.62. The summed E-state index contributed by atoms with van der Waals surface area (Å²) >= 11 is 0. The minimum Gasteiger partial charge on any atom is -0.507 e. The molecule has 0 amide bonds. The second-order valence-corrected chi connectivity index (χ2v) is 10.0. The fourth-order valence-electron chi connectivity index (χ4n) is 6.81. The summed E-state index contributed by atoms with van der Waals surface area (Å²) in [4.78, 5) is 11.5. The predicted molar refractivity (Wildman–Crippen MR) is 105 cm³/mol. The molecule has 5 heteroatoms. The van der Waals surface area contributed by atoms with Gasteiger partial charge in [-0.2, -0.15) is 0 Å². The molecule has 0 unspecified atom stereocenters. The van der Waals surface area contributed by atoms with Crippen LogP contribution in [-0.4, -0.2) is 33.3 Å². The van der Waals surface area contributed by atoms with Crippen LogP contribution in [0.25, 0.3) is 0 Å². The van der Waals surface area contributed by atoms with Crippen LogP contribution in [0.2, 0.25) is 0 Å². The zero-order valence-electron chi connectivity index (χ0n) is 17.3. The molecule has 154 valence electrons. The van der Waals surface area contributed by atoms with Crippen LogP contribution in [0, 0.1) is 22.7 Å². The van der Waals surface area contributed by atoms with Gasteiger partial charge in [0.05, 0.1) is 18.3 Å². The average molecular weight is 389 g/mol. The zero-order chi connectivity index (χ0) is 20.5. The summed E-state index contributed by atoms with van der Waals surface area (Å²) in [7, 11) is 0. The Morgan fingerprint density at radius 1 is 1.25 bits per heavy atom. The summed E-state index contributed by atoms with van der Waals surface area (Å²) in [6, 6.07) is 1.72. The van der Waals surface area contributed by atoms with E-state index >= 15 is 0 Å². The van der Waals surface area contributed by atoms with E-state index in [1.54, 1.807) is 6.07 Å². The molecule has 1 spiro atoms. The smallest absolute Gasteiger partial charge is 0.154 e. The first kappa shape index (κ1) is 19.7. The van der Waals surface area contributed by atoms with Crippen molar-refractivity contribution in [3.8, 4) is 11.5 Å². The highest BCUT2D eigenvalue weighted by atomic mass is 16.5. The number of benzene rings is 1. The van der Waals surface area contributed by atoms with Crippen LogP contribution >= 0.6 is 0 Å². The Labute approximate surface area is 166 Å². The number of ether oxygens (including phenoxy) is 1. The summed E-state index contributed by atoms with van der Waals surface area (Å²) in [5.74, 6) is 1.12. The van der Waals surface area contributed by atoms with Gasteiger partial charge in [0.2, 0.25) is 0 Å². The van der Waals surface area contributed by atoms with Gasteiger partial charge >= 0.3 is 0 Å². The third-order valence-corrected chi connectivity index (χ3v) is 8.62. The van der Waals surface area contributed by atoms with E-state index in [1.165, 1.54) is 0 Å². The number of carbonyl (C=O) groups excluding carboxylic acids is 1. The van der Waals surface area contributed by atoms with E-state index in [2.05, 4.69) is 27.7 Å². The lowest BCUT2D eigenvalue weighted by Gasteiger charge is -2.64. The van der Waals surface area contributed by atoms with Crippen molar-refractivity contribution in [3.05, 3.63) is 22.8 Å². The molecular formula is C23H32O5. The largest absolute Gasteiger partial charge is 0.507 e. The highest BCUT2D eigenvalue weighted by Crippen LogP contribution is 2.66. The van der Waals surface area contributed by atoms with Gasteiger partial charge in [-0.15, -0.1) is 0 Å². The Morgan fingerprint density at radius 3 is 2.61 bits per heavy atom. The van der Waals surface area contributed by atoms with Crippen molar-refractivity contribution in [1.29, 1.82) is 0 Å². The summed E-state index contributed by atoms with van der Waals surface area (Å²) in [6.45, 7) is 8.52. The maximum atomic E-state index is 11.5. The van der Waals surface area contributed by atoms with Crippen LogP contribution in [0.3, 0.4) is 0 Å². The third kappa shape index (κ3) is 2.29. The lowest BCUT2D eigenvalue weighted by molar-refractivity contribution is -0.210. The van der Waals surface area contributed by atoms with Crippen LogP contribution in [0.1, 0.15) is 74.9 Å². The molecule has 3 N–H and O–H groups in total. The summed E-state index contributed by atoms with van der Waals surface area (Å²) in [5.41, 5.74) is 0.391. The molecule has 2 fully saturated rings. The Hall–Kier alpha value is -1.59. The van der Waals surface area contributed by atoms with E-state index in [9.17, 15) is 20.1 Å². The number of aliphatic hydroxyl groups is 2. The number of hydrogen-bond donors (Lipinski definition) is 3. The van der Waals surface area contributed by atoms with Crippen LogP contribution in [0.15, 0.2) is 6.07 Å². The van der Waals surface area contributed by atoms with Crippen molar-refractivity contribution in [2.24, 2.45) is 22.7 Å². The molecule has 2 saturated carbocycles. The van der Waals surface area contributed by atoms with E-state index in [4.69, 9.17) is 4.74 Å². The summed E-state index contributed by atoms with van der Waals surface area (Å²) in [5, 5.41) is 31.1. The van der Waals surface area contributed by atoms with Crippen LogP contribution in [-0.2, 0) is 13.0 Å². The van der Waals surface area contributed by atoms with E-state index in [-0.39, 0.29) is 40.8 Å². The molecule has 3 aliphatic rings. The average Bonchev–Trinajstić information content (AvgIpc) is 3.05.